The Labute approximate surface area is 60.1 Å². The van der Waals surface area contributed by atoms with E-state index in [2.05, 4.69) is 11.9 Å². The maximum absolute atomic E-state index is 10.7. The van der Waals surface area contributed by atoms with Crippen LogP contribution in [0.15, 0.2) is 24.5 Å². The summed E-state index contributed by atoms with van der Waals surface area (Å²) >= 11 is 0. The van der Waals surface area contributed by atoms with Crippen molar-refractivity contribution in [2.24, 2.45) is 0 Å². The van der Waals surface area contributed by atoms with Gasteiger partial charge in [0.05, 0.1) is 0 Å². The number of aliphatic hydroxyl groups excluding tert-OH is 1. The van der Waals surface area contributed by atoms with Gasteiger partial charge < -0.3 is 10.4 Å². The average molecular weight is 141 g/mol. The van der Waals surface area contributed by atoms with Gasteiger partial charge in [0.25, 0.3) is 5.91 Å². The molecule has 0 aromatic rings. The first-order valence-corrected chi connectivity index (χ1v) is 2.96. The highest BCUT2D eigenvalue weighted by Gasteiger charge is 2.01. The molecule has 0 saturated carbocycles. The van der Waals surface area contributed by atoms with Crippen LogP contribution in [0.25, 0.3) is 0 Å². The zero-order valence-electron chi connectivity index (χ0n) is 5.92. The van der Waals surface area contributed by atoms with E-state index in [-0.39, 0.29) is 5.76 Å². The van der Waals surface area contributed by atoms with Crippen molar-refractivity contribution in [2.75, 3.05) is 6.54 Å². The van der Waals surface area contributed by atoms with Gasteiger partial charge in [0, 0.05) is 6.54 Å². The van der Waals surface area contributed by atoms with E-state index in [0.29, 0.717) is 6.54 Å². The van der Waals surface area contributed by atoms with Gasteiger partial charge in [-0.25, -0.2) is 0 Å². The van der Waals surface area contributed by atoms with Crippen LogP contribution < -0.4 is 5.32 Å². The van der Waals surface area contributed by atoms with Crippen LogP contribution in [0.5, 0.6) is 0 Å². The Hall–Kier alpha value is -1.25. The number of rotatable bonds is 3. The van der Waals surface area contributed by atoms with Crippen molar-refractivity contribution in [2.45, 2.75) is 6.92 Å². The lowest BCUT2D eigenvalue weighted by Crippen LogP contribution is -2.24. The van der Waals surface area contributed by atoms with Crippen LogP contribution in [0.1, 0.15) is 6.92 Å². The summed E-state index contributed by atoms with van der Waals surface area (Å²) in [6, 6.07) is 0. The molecule has 3 nitrogen and oxygen atoms in total. The Morgan fingerprint density at radius 1 is 1.80 bits per heavy atom. The number of amides is 1. The fraction of sp³-hybridized carbons (Fsp3) is 0.286. The van der Waals surface area contributed by atoms with Gasteiger partial charge >= 0.3 is 0 Å². The molecule has 0 spiro atoms. The number of carbonyl (C=O) groups is 1. The van der Waals surface area contributed by atoms with E-state index >= 15 is 0 Å². The lowest BCUT2D eigenvalue weighted by molar-refractivity contribution is -0.119. The quantitative estimate of drug-likeness (QED) is 0.346. The smallest absolute Gasteiger partial charge is 0.286 e. The Morgan fingerprint density at radius 2 is 2.40 bits per heavy atom. The molecule has 3 heteroatoms. The highest BCUT2D eigenvalue weighted by Crippen LogP contribution is 1.85. The molecule has 56 valence electrons. The van der Waals surface area contributed by atoms with Crippen LogP contribution in [0.3, 0.4) is 0 Å². The van der Waals surface area contributed by atoms with Gasteiger partial charge in [0.2, 0.25) is 0 Å². The molecule has 10 heavy (non-hydrogen) atoms. The van der Waals surface area contributed by atoms with E-state index in [1.165, 1.54) is 6.08 Å². The van der Waals surface area contributed by atoms with E-state index in [1.54, 1.807) is 13.0 Å². The third kappa shape index (κ3) is 2.91. The van der Waals surface area contributed by atoms with Gasteiger partial charge in [-0.3, -0.25) is 4.79 Å². The van der Waals surface area contributed by atoms with Crippen LogP contribution in [-0.4, -0.2) is 17.6 Å². The number of hydrogen-bond acceptors (Lipinski definition) is 2. The summed E-state index contributed by atoms with van der Waals surface area (Å²) in [5.41, 5.74) is 0. The summed E-state index contributed by atoms with van der Waals surface area (Å²) in [4.78, 5) is 10.7. The summed E-state index contributed by atoms with van der Waals surface area (Å²) < 4.78 is 0. The van der Waals surface area contributed by atoms with Crippen LogP contribution in [0, 0.1) is 0 Å². The largest absolute Gasteiger partial charge is 0.503 e. The Morgan fingerprint density at radius 3 is 2.80 bits per heavy atom. The number of aliphatic hydroxyl groups is 1. The summed E-state index contributed by atoms with van der Waals surface area (Å²) in [7, 11) is 0. The van der Waals surface area contributed by atoms with Crippen LogP contribution in [0.4, 0.5) is 0 Å². The van der Waals surface area contributed by atoms with Gasteiger partial charge in [0.1, 0.15) is 0 Å². The van der Waals surface area contributed by atoms with Gasteiger partial charge in [-0.2, -0.15) is 0 Å². The van der Waals surface area contributed by atoms with E-state index in [9.17, 15) is 4.79 Å². The van der Waals surface area contributed by atoms with Crippen molar-refractivity contribution in [3.63, 3.8) is 0 Å². The van der Waals surface area contributed by atoms with E-state index < -0.39 is 5.91 Å². The molecule has 0 bridgehead atoms. The summed E-state index contributed by atoms with van der Waals surface area (Å²) in [5.74, 6) is -0.732. The molecule has 0 heterocycles. The molecular weight excluding hydrogens is 130 g/mol. The highest BCUT2D eigenvalue weighted by molar-refractivity contribution is 5.90. The molecular formula is C7H11NO2. The average Bonchev–Trinajstić information content (AvgIpc) is 1.98. The fourth-order valence-corrected chi connectivity index (χ4v) is 0.387. The standard InChI is InChI=1S/C7H11NO2/c1-3-5-8-7(10)6(9)4-2/h3-4,9H,1,5H2,2H3,(H,8,10)/b6-4-. The number of allylic oxidation sites excluding steroid dienone is 1. The first-order chi connectivity index (χ1) is 4.72. The van der Waals surface area contributed by atoms with Crippen molar-refractivity contribution in [1.82, 2.24) is 5.32 Å². The second-order valence-electron chi connectivity index (χ2n) is 1.67. The fourth-order valence-electron chi connectivity index (χ4n) is 0.387. The molecule has 0 fully saturated rings. The second-order valence-corrected chi connectivity index (χ2v) is 1.67. The highest BCUT2D eigenvalue weighted by atomic mass is 16.3. The molecule has 1 amide bonds. The summed E-state index contributed by atoms with van der Waals surface area (Å²) in [6.07, 6.45) is 2.87. The van der Waals surface area contributed by atoms with Crippen LogP contribution in [0.2, 0.25) is 0 Å². The second kappa shape index (κ2) is 4.61. The SMILES string of the molecule is C=CCNC(=O)/C(O)=C/C. The van der Waals surface area contributed by atoms with Crippen LogP contribution in [-0.2, 0) is 4.79 Å². The van der Waals surface area contributed by atoms with Crippen LogP contribution >= 0.6 is 0 Å². The van der Waals surface area contributed by atoms with Gasteiger partial charge in [-0.15, -0.1) is 6.58 Å². The van der Waals surface area contributed by atoms with Crippen molar-refractivity contribution in [3.8, 4) is 0 Å². The number of carbonyl (C=O) groups excluding carboxylic acids is 1. The zero-order valence-corrected chi connectivity index (χ0v) is 5.92. The predicted molar refractivity (Wildman–Crippen MR) is 39.6 cm³/mol. The Bertz CT molecular complexity index is 161. The maximum atomic E-state index is 10.7. The van der Waals surface area contributed by atoms with Crippen molar-refractivity contribution in [3.05, 3.63) is 24.5 Å². The molecule has 0 unspecified atom stereocenters. The Balaban J connectivity index is 3.74. The lowest BCUT2D eigenvalue weighted by Gasteiger charge is -1.98. The molecule has 2 N–H and O–H groups in total. The first kappa shape index (κ1) is 8.75. The molecule has 0 aliphatic carbocycles. The third-order valence-corrected chi connectivity index (χ3v) is 0.913. The summed E-state index contributed by atoms with van der Waals surface area (Å²) in [6.45, 7) is 5.36. The topological polar surface area (TPSA) is 49.3 Å². The van der Waals surface area contributed by atoms with E-state index in [0.717, 1.165) is 0 Å². The van der Waals surface area contributed by atoms with Crippen molar-refractivity contribution < 1.29 is 9.90 Å². The lowest BCUT2D eigenvalue weighted by atomic mass is 10.4. The minimum atomic E-state index is -0.470. The third-order valence-electron chi connectivity index (χ3n) is 0.913. The maximum Gasteiger partial charge on any atom is 0.286 e. The first-order valence-electron chi connectivity index (χ1n) is 2.96. The van der Waals surface area contributed by atoms with Crippen molar-refractivity contribution in [1.29, 1.82) is 0 Å². The van der Waals surface area contributed by atoms with Gasteiger partial charge in [-0.1, -0.05) is 6.08 Å². The van der Waals surface area contributed by atoms with Gasteiger partial charge in [0.15, 0.2) is 5.76 Å². The normalized spacial score (nSPS) is 10.7. The minimum Gasteiger partial charge on any atom is -0.503 e. The Kier molecular flexibility index (Phi) is 4.04. The summed E-state index contributed by atoms with van der Waals surface area (Å²) in [5, 5.41) is 11.2. The molecule has 0 aliphatic heterocycles. The molecule has 0 aromatic carbocycles. The number of nitrogens with one attached hydrogen (secondary N) is 1. The predicted octanol–water partition coefficient (Wildman–Crippen LogP) is 0.750. The zero-order chi connectivity index (χ0) is 7.98. The number of hydrogen-bond donors (Lipinski definition) is 2. The molecule has 0 aromatic heterocycles. The molecule has 0 rings (SSSR count). The molecule has 0 saturated heterocycles. The van der Waals surface area contributed by atoms with Crippen molar-refractivity contribution >= 4 is 5.91 Å². The van der Waals surface area contributed by atoms with E-state index in [4.69, 9.17) is 5.11 Å². The molecule has 0 aliphatic rings. The molecule has 0 atom stereocenters. The van der Waals surface area contributed by atoms with E-state index in [1.807, 2.05) is 0 Å². The monoisotopic (exact) mass is 141 g/mol. The van der Waals surface area contributed by atoms with Gasteiger partial charge in [-0.05, 0) is 13.0 Å². The minimum absolute atomic E-state index is 0.262. The molecule has 0 radical (unpaired) electrons.